The summed E-state index contributed by atoms with van der Waals surface area (Å²) in [6.07, 6.45) is 2.79. The van der Waals surface area contributed by atoms with E-state index in [1.807, 2.05) is 0 Å². The molecule has 5 heteroatoms. The van der Waals surface area contributed by atoms with E-state index in [2.05, 4.69) is 0 Å². The van der Waals surface area contributed by atoms with Crippen molar-refractivity contribution >= 4 is 23.6 Å². The Balaban J connectivity index is 2.16. The Morgan fingerprint density at radius 3 is 2.90 bits per heavy atom. The molecule has 0 saturated carbocycles. The molecule has 1 heterocycles. The molecule has 0 atom stereocenters. The third-order valence-corrected chi connectivity index (χ3v) is 2.79. The van der Waals surface area contributed by atoms with Crippen molar-refractivity contribution in [3.05, 3.63) is 53.0 Å². The number of benzene rings is 1. The molecule has 1 aromatic heterocycles. The molecule has 0 amide bonds. The van der Waals surface area contributed by atoms with Gasteiger partial charge in [-0.2, -0.15) is 0 Å². The highest BCUT2D eigenvalue weighted by Gasteiger charge is 2.07. The van der Waals surface area contributed by atoms with Crippen molar-refractivity contribution in [2.75, 3.05) is 6.61 Å². The lowest BCUT2D eigenvalue weighted by Crippen LogP contribution is -1.98. The number of carbonyl (C=O) groups is 1. The highest BCUT2D eigenvalue weighted by atomic mass is 35.5. The Morgan fingerprint density at radius 2 is 2.20 bits per heavy atom. The topological polar surface area (TPSA) is 39.4 Å². The van der Waals surface area contributed by atoms with Crippen LogP contribution < -0.4 is 0 Å². The first kappa shape index (κ1) is 14.3. The second kappa shape index (κ2) is 6.39. The molecule has 0 N–H and O–H groups in total. The molecule has 0 bridgehead atoms. The summed E-state index contributed by atoms with van der Waals surface area (Å²) in [6.45, 7) is 2.05. The zero-order chi connectivity index (χ0) is 14.5. The van der Waals surface area contributed by atoms with Crippen LogP contribution in [0.2, 0.25) is 5.02 Å². The number of halogens is 2. The van der Waals surface area contributed by atoms with Crippen LogP contribution in [0.15, 0.2) is 40.8 Å². The second-order valence-electron chi connectivity index (χ2n) is 3.92. The molecule has 0 aliphatic rings. The Morgan fingerprint density at radius 1 is 1.40 bits per heavy atom. The maximum absolute atomic E-state index is 13.1. The molecule has 0 unspecified atom stereocenters. The van der Waals surface area contributed by atoms with Crippen LogP contribution in [0.4, 0.5) is 4.39 Å². The number of ether oxygens (including phenoxy) is 1. The molecule has 3 nitrogen and oxygen atoms in total. The van der Waals surface area contributed by atoms with Crippen LogP contribution in [0.25, 0.3) is 17.4 Å². The van der Waals surface area contributed by atoms with Gasteiger partial charge < -0.3 is 9.15 Å². The molecule has 0 aliphatic carbocycles. The highest BCUT2D eigenvalue weighted by molar-refractivity contribution is 6.31. The van der Waals surface area contributed by atoms with E-state index in [1.54, 1.807) is 25.1 Å². The zero-order valence-electron chi connectivity index (χ0n) is 10.7. The maximum Gasteiger partial charge on any atom is 0.330 e. The molecule has 0 radical (unpaired) electrons. The fourth-order valence-electron chi connectivity index (χ4n) is 1.59. The van der Waals surface area contributed by atoms with Crippen LogP contribution in [0.5, 0.6) is 0 Å². The number of furan rings is 1. The predicted octanol–water partition coefficient (Wildman–Crippen LogP) is 4.32. The molecule has 0 aliphatic heterocycles. The van der Waals surface area contributed by atoms with Crippen LogP contribution in [-0.2, 0) is 9.53 Å². The lowest BCUT2D eigenvalue weighted by Gasteiger charge is -1.98. The predicted molar refractivity (Wildman–Crippen MR) is 74.8 cm³/mol. The summed E-state index contributed by atoms with van der Waals surface area (Å²) in [5, 5.41) is 0.0301. The summed E-state index contributed by atoms with van der Waals surface area (Å²) in [6, 6.07) is 7.73. The number of carbonyl (C=O) groups excluding carboxylic acids is 1. The van der Waals surface area contributed by atoms with Crippen molar-refractivity contribution < 1.29 is 18.3 Å². The summed E-state index contributed by atoms with van der Waals surface area (Å²) < 4.78 is 23.4. The van der Waals surface area contributed by atoms with Crippen molar-refractivity contribution in [2.24, 2.45) is 0 Å². The first-order chi connectivity index (χ1) is 9.60. The van der Waals surface area contributed by atoms with Gasteiger partial charge in [0.1, 0.15) is 17.3 Å². The average molecular weight is 295 g/mol. The summed E-state index contributed by atoms with van der Waals surface area (Å²) in [5.41, 5.74) is 0.659. The number of rotatable bonds is 4. The highest BCUT2D eigenvalue weighted by Crippen LogP contribution is 2.26. The molecule has 2 rings (SSSR count). The van der Waals surface area contributed by atoms with Gasteiger partial charge in [0.2, 0.25) is 0 Å². The lowest BCUT2D eigenvalue weighted by molar-refractivity contribution is -0.137. The van der Waals surface area contributed by atoms with Crippen molar-refractivity contribution in [2.45, 2.75) is 6.92 Å². The molecule has 104 valence electrons. The third kappa shape index (κ3) is 3.48. The molecular weight excluding hydrogens is 283 g/mol. The van der Waals surface area contributed by atoms with Gasteiger partial charge in [0.15, 0.2) is 0 Å². The minimum Gasteiger partial charge on any atom is -0.463 e. The minimum atomic E-state index is -0.482. The van der Waals surface area contributed by atoms with Crippen LogP contribution in [-0.4, -0.2) is 12.6 Å². The standard InChI is InChI=1S/C15H12ClFO3/c1-2-19-15(18)8-5-11-4-7-14(20-11)10-3-6-13(17)12(16)9-10/h3-9H,2H2,1H3. The van der Waals surface area contributed by atoms with Crippen molar-refractivity contribution in [1.29, 1.82) is 0 Å². The Hall–Kier alpha value is -2.07. The number of hydrogen-bond acceptors (Lipinski definition) is 3. The van der Waals surface area contributed by atoms with Crippen molar-refractivity contribution in [1.82, 2.24) is 0 Å². The van der Waals surface area contributed by atoms with Gasteiger partial charge >= 0.3 is 5.97 Å². The van der Waals surface area contributed by atoms with Gasteiger partial charge in [0.25, 0.3) is 0 Å². The second-order valence-corrected chi connectivity index (χ2v) is 4.32. The fourth-order valence-corrected chi connectivity index (χ4v) is 1.77. The van der Waals surface area contributed by atoms with Crippen LogP contribution in [0, 0.1) is 5.82 Å². The smallest absolute Gasteiger partial charge is 0.330 e. The Kier molecular flexibility index (Phi) is 4.58. The normalized spacial score (nSPS) is 10.9. The fraction of sp³-hybridized carbons (Fsp3) is 0.133. The van der Waals surface area contributed by atoms with E-state index < -0.39 is 11.8 Å². The Bertz CT molecular complexity index is 646. The van der Waals surface area contributed by atoms with Gasteiger partial charge in [-0.05, 0) is 43.3 Å². The number of esters is 1. The molecular formula is C15H12ClFO3. The molecule has 0 spiro atoms. The average Bonchev–Trinajstić information content (AvgIpc) is 2.89. The van der Waals surface area contributed by atoms with Gasteiger partial charge in [0.05, 0.1) is 11.6 Å². The molecule has 20 heavy (non-hydrogen) atoms. The molecule has 0 fully saturated rings. The maximum atomic E-state index is 13.1. The molecule has 0 saturated heterocycles. The van der Waals surface area contributed by atoms with E-state index in [1.165, 1.54) is 24.3 Å². The van der Waals surface area contributed by atoms with Gasteiger partial charge in [-0.3, -0.25) is 0 Å². The van der Waals surface area contributed by atoms with E-state index in [4.69, 9.17) is 20.8 Å². The van der Waals surface area contributed by atoms with Crippen molar-refractivity contribution in [3.8, 4) is 11.3 Å². The van der Waals surface area contributed by atoms with Crippen LogP contribution in [0.1, 0.15) is 12.7 Å². The SMILES string of the molecule is CCOC(=O)C=Cc1ccc(-c2ccc(F)c(Cl)c2)o1. The third-order valence-electron chi connectivity index (χ3n) is 2.50. The quantitative estimate of drug-likeness (QED) is 0.623. The summed E-state index contributed by atoms with van der Waals surface area (Å²) in [7, 11) is 0. The minimum absolute atomic E-state index is 0.0301. The van der Waals surface area contributed by atoms with Crippen LogP contribution >= 0.6 is 11.6 Å². The largest absolute Gasteiger partial charge is 0.463 e. The Labute approximate surface area is 120 Å². The van der Waals surface area contributed by atoms with Crippen molar-refractivity contribution in [3.63, 3.8) is 0 Å². The summed E-state index contributed by atoms with van der Waals surface area (Å²) in [4.78, 5) is 11.2. The van der Waals surface area contributed by atoms with Gasteiger partial charge in [0, 0.05) is 11.6 Å². The van der Waals surface area contributed by atoms with Gasteiger partial charge in [-0.15, -0.1) is 0 Å². The zero-order valence-corrected chi connectivity index (χ0v) is 11.5. The van der Waals surface area contributed by atoms with E-state index >= 15 is 0 Å². The first-order valence-corrected chi connectivity index (χ1v) is 6.38. The lowest BCUT2D eigenvalue weighted by atomic mass is 10.2. The van der Waals surface area contributed by atoms with E-state index in [-0.39, 0.29) is 5.02 Å². The van der Waals surface area contributed by atoms with E-state index in [9.17, 15) is 9.18 Å². The first-order valence-electron chi connectivity index (χ1n) is 6.00. The van der Waals surface area contributed by atoms with Gasteiger partial charge in [-0.1, -0.05) is 11.6 Å². The van der Waals surface area contributed by atoms with Gasteiger partial charge in [-0.25, -0.2) is 9.18 Å². The molecule has 2 aromatic rings. The van der Waals surface area contributed by atoms with E-state index in [0.717, 1.165) is 0 Å². The number of hydrogen-bond donors (Lipinski definition) is 0. The van der Waals surface area contributed by atoms with E-state index in [0.29, 0.717) is 23.7 Å². The monoisotopic (exact) mass is 294 g/mol. The molecule has 1 aromatic carbocycles. The van der Waals surface area contributed by atoms with Crippen LogP contribution in [0.3, 0.4) is 0 Å². The summed E-state index contributed by atoms with van der Waals surface area (Å²) >= 11 is 5.72. The summed E-state index contributed by atoms with van der Waals surface area (Å²) in [5.74, 6) is 0.114.